The highest BCUT2D eigenvalue weighted by molar-refractivity contribution is 5.85. The molecule has 0 unspecified atom stereocenters. The van der Waals surface area contributed by atoms with Gasteiger partial charge in [0.1, 0.15) is 17.5 Å². The fraction of sp³-hybridized carbons (Fsp3) is 0.476. The van der Waals surface area contributed by atoms with Gasteiger partial charge in [-0.15, -0.1) is 22.6 Å². The second-order valence-corrected chi connectivity index (χ2v) is 7.81. The summed E-state index contributed by atoms with van der Waals surface area (Å²) in [7, 11) is 0. The molecule has 5 rings (SSSR count). The Morgan fingerprint density at radius 1 is 1.00 bits per heavy atom. The van der Waals surface area contributed by atoms with Crippen molar-refractivity contribution in [2.45, 2.75) is 44.9 Å². The van der Waals surface area contributed by atoms with E-state index in [1.54, 1.807) is 0 Å². The van der Waals surface area contributed by atoms with Crippen LogP contribution in [0.15, 0.2) is 42.7 Å². The molecule has 7 nitrogen and oxygen atoms in total. The van der Waals surface area contributed by atoms with Gasteiger partial charge in [0.05, 0.1) is 13.1 Å². The van der Waals surface area contributed by atoms with Crippen LogP contribution >= 0.6 is 12.4 Å². The highest BCUT2D eigenvalue weighted by Crippen LogP contribution is 2.28. The quantitative estimate of drug-likeness (QED) is 0.696. The van der Waals surface area contributed by atoms with Crippen molar-refractivity contribution < 1.29 is 0 Å². The summed E-state index contributed by atoms with van der Waals surface area (Å²) in [4.78, 5) is 7.14. The van der Waals surface area contributed by atoms with Crippen LogP contribution in [0, 0.1) is 0 Å². The molecule has 0 radical (unpaired) electrons. The van der Waals surface area contributed by atoms with Crippen molar-refractivity contribution in [3.05, 3.63) is 65.8 Å². The average Bonchev–Trinajstić information content (AvgIpc) is 3.37. The van der Waals surface area contributed by atoms with E-state index in [-0.39, 0.29) is 12.4 Å². The first kappa shape index (κ1) is 20.1. The Kier molecular flexibility index (Phi) is 6.28. The number of piperidine rings is 1. The van der Waals surface area contributed by atoms with Crippen molar-refractivity contribution in [2.75, 3.05) is 19.6 Å². The topological polar surface area (TPSA) is 63.8 Å². The van der Waals surface area contributed by atoms with Gasteiger partial charge in [-0.05, 0) is 31.5 Å². The van der Waals surface area contributed by atoms with Gasteiger partial charge < -0.3 is 14.5 Å². The minimum absolute atomic E-state index is 0. The standard InChI is InChI=1S/C21H27N7.ClH/c1-2-4-17(5-3-1)15-27-12-9-23-20(27)16-26-10-6-18(7-11-26)21-25-24-19-14-22-8-13-28(19)21;/h1-5,9,12,18,22H,6-8,10-11,13-16H2;1H. The molecule has 154 valence electrons. The van der Waals surface area contributed by atoms with E-state index >= 15 is 0 Å². The molecule has 0 spiro atoms. The molecule has 2 aliphatic rings. The Balaban J connectivity index is 0.00000205. The maximum absolute atomic E-state index is 4.62. The van der Waals surface area contributed by atoms with Gasteiger partial charge >= 0.3 is 0 Å². The number of rotatable bonds is 5. The number of halogens is 1. The predicted octanol–water partition coefficient (Wildman–Crippen LogP) is 2.43. The molecule has 1 N–H and O–H groups in total. The lowest BCUT2D eigenvalue weighted by Crippen LogP contribution is -2.35. The van der Waals surface area contributed by atoms with Gasteiger partial charge in [0.2, 0.25) is 0 Å². The van der Waals surface area contributed by atoms with Crippen LogP contribution in [0.25, 0.3) is 0 Å². The molecule has 1 aromatic carbocycles. The van der Waals surface area contributed by atoms with E-state index in [2.05, 4.69) is 71.1 Å². The monoisotopic (exact) mass is 413 g/mol. The molecule has 29 heavy (non-hydrogen) atoms. The van der Waals surface area contributed by atoms with Crippen molar-refractivity contribution in [2.24, 2.45) is 0 Å². The molecule has 0 aliphatic carbocycles. The van der Waals surface area contributed by atoms with E-state index in [1.807, 2.05) is 6.20 Å². The van der Waals surface area contributed by atoms with Crippen LogP contribution in [-0.4, -0.2) is 48.8 Å². The Hall–Kier alpha value is -2.22. The maximum atomic E-state index is 4.62. The van der Waals surface area contributed by atoms with Crippen molar-refractivity contribution >= 4 is 12.4 Å². The third-order valence-corrected chi connectivity index (χ3v) is 5.97. The number of hydrogen-bond donors (Lipinski definition) is 1. The first-order chi connectivity index (χ1) is 13.9. The van der Waals surface area contributed by atoms with Crippen LogP contribution in [-0.2, 0) is 26.2 Å². The zero-order valence-electron chi connectivity index (χ0n) is 16.6. The van der Waals surface area contributed by atoms with E-state index in [1.165, 1.54) is 11.4 Å². The molecule has 2 aromatic heterocycles. The second kappa shape index (κ2) is 9.07. The van der Waals surface area contributed by atoms with Crippen LogP contribution in [0.4, 0.5) is 0 Å². The van der Waals surface area contributed by atoms with Gasteiger partial charge in [0, 0.05) is 37.9 Å². The first-order valence-corrected chi connectivity index (χ1v) is 10.3. The smallest absolute Gasteiger partial charge is 0.147 e. The van der Waals surface area contributed by atoms with Gasteiger partial charge in [-0.25, -0.2) is 4.98 Å². The fourth-order valence-electron chi connectivity index (χ4n) is 4.38. The molecule has 0 amide bonds. The fourth-order valence-corrected chi connectivity index (χ4v) is 4.38. The van der Waals surface area contributed by atoms with Crippen molar-refractivity contribution in [1.82, 2.24) is 34.5 Å². The lowest BCUT2D eigenvalue weighted by atomic mass is 9.95. The third-order valence-electron chi connectivity index (χ3n) is 5.97. The van der Waals surface area contributed by atoms with Crippen LogP contribution < -0.4 is 5.32 Å². The lowest BCUT2D eigenvalue weighted by molar-refractivity contribution is 0.193. The van der Waals surface area contributed by atoms with Crippen molar-refractivity contribution in [3.8, 4) is 0 Å². The normalized spacial score (nSPS) is 17.7. The van der Waals surface area contributed by atoms with Gasteiger partial charge in [0.25, 0.3) is 0 Å². The van der Waals surface area contributed by atoms with E-state index in [0.717, 1.165) is 70.3 Å². The summed E-state index contributed by atoms with van der Waals surface area (Å²) in [6, 6.07) is 10.6. The maximum Gasteiger partial charge on any atom is 0.147 e. The van der Waals surface area contributed by atoms with Crippen molar-refractivity contribution in [3.63, 3.8) is 0 Å². The Labute approximate surface area is 177 Å². The molecule has 8 heteroatoms. The highest BCUT2D eigenvalue weighted by atomic mass is 35.5. The summed E-state index contributed by atoms with van der Waals surface area (Å²) >= 11 is 0. The van der Waals surface area contributed by atoms with Gasteiger partial charge in [-0.3, -0.25) is 4.90 Å². The Bertz CT molecular complexity index is 912. The molecule has 4 heterocycles. The summed E-state index contributed by atoms with van der Waals surface area (Å²) in [6.45, 7) is 6.82. The summed E-state index contributed by atoms with van der Waals surface area (Å²) in [5, 5.41) is 12.3. The van der Waals surface area contributed by atoms with E-state index < -0.39 is 0 Å². The molecule has 1 saturated heterocycles. The molecular formula is C21H28ClN7. The van der Waals surface area contributed by atoms with Crippen LogP contribution in [0.3, 0.4) is 0 Å². The van der Waals surface area contributed by atoms with Gasteiger partial charge in [-0.2, -0.15) is 0 Å². The number of aromatic nitrogens is 5. The Morgan fingerprint density at radius 2 is 1.83 bits per heavy atom. The van der Waals surface area contributed by atoms with Crippen LogP contribution in [0.2, 0.25) is 0 Å². The summed E-state index contributed by atoms with van der Waals surface area (Å²) < 4.78 is 4.60. The first-order valence-electron chi connectivity index (χ1n) is 10.3. The molecule has 0 atom stereocenters. The number of benzene rings is 1. The SMILES string of the molecule is Cl.c1ccc(Cn2ccnc2CN2CCC(c3nnc4n3CCNC4)CC2)cc1. The van der Waals surface area contributed by atoms with Gasteiger partial charge in [-0.1, -0.05) is 30.3 Å². The lowest BCUT2D eigenvalue weighted by Gasteiger charge is -2.31. The summed E-state index contributed by atoms with van der Waals surface area (Å²) in [5.74, 6) is 3.96. The summed E-state index contributed by atoms with van der Waals surface area (Å²) in [5.41, 5.74) is 1.31. The summed E-state index contributed by atoms with van der Waals surface area (Å²) in [6.07, 6.45) is 6.29. The minimum Gasteiger partial charge on any atom is -0.329 e. The van der Waals surface area contributed by atoms with Crippen LogP contribution in [0.1, 0.15) is 41.8 Å². The third kappa shape index (κ3) is 4.37. The largest absolute Gasteiger partial charge is 0.329 e. The number of nitrogens with one attached hydrogen (secondary N) is 1. The molecule has 0 saturated carbocycles. The zero-order chi connectivity index (χ0) is 18.8. The minimum atomic E-state index is 0. The number of imidazole rings is 1. The number of hydrogen-bond acceptors (Lipinski definition) is 5. The van der Waals surface area contributed by atoms with E-state index in [9.17, 15) is 0 Å². The predicted molar refractivity (Wildman–Crippen MR) is 114 cm³/mol. The Morgan fingerprint density at radius 3 is 2.66 bits per heavy atom. The number of likely N-dealkylation sites (tertiary alicyclic amines) is 1. The molecule has 1 fully saturated rings. The number of nitrogens with zero attached hydrogens (tertiary/aromatic N) is 6. The van der Waals surface area contributed by atoms with Crippen LogP contribution in [0.5, 0.6) is 0 Å². The van der Waals surface area contributed by atoms with Crippen molar-refractivity contribution in [1.29, 1.82) is 0 Å². The zero-order valence-corrected chi connectivity index (χ0v) is 17.4. The molecular weight excluding hydrogens is 386 g/mol. The van der Waals surface area contributed by atoms with E-state index in [4.69, 9.17) is 0 Å². The molecule has 0 bridgehead atoms. The second-order valence-electron chi connectivity index (χ2n) is 7.81. The molecule has 3 aromatic rings. The molecule has 2 aliphatic heterocycles. The average molecular weight is 414 g/mol. The highest BCUT2D eigenvalue weighted by Gasteiger charge is 2.27. The van der Waals surface area contributed by atoms with E-state index in [0.29, 0.717) is 5.92 Å². The van der Waals surface area contributed by atoms with Gasteiger partial charge in [0.15, 0.2) is 0 Å². The number of fused-ring (bicyclic) bond motifs is 1.